The van der Waals surface area contributed by atoms with Crippen molar-refractivity contribution in [3.63, 3.8) is 0 Å². The van der Waals surface area contributed by atoms with Crippen LogP contribution in [0.4, 0.5) is 0 Å². The highest BCUT2D eigenvalue weighted by Gasteiger charge is 2.22. The molecule has 0 unspecified atom stereocenters. The van der Waals surface area contributed by atoms with Gasteiger partial charge in [-0.2, -0.15) is 13.7 Å². The average Bonchev–Trinajstić information content (AvgIpc) is 3.14. The maximum Gasteiger partial charge on any atom is 0.215 e. The standard InChI is InChI=1S/C17H22N.C16H20N.C15H18N/c1-11-9-7-8-10-16(11)17-14(4)12(2)13(3)15(5)18(17)6;1-11-8-6-7-9-15(11)16-10-12(2)13(3)14(4)17(16)5;1-11-9-10-15(16(4)13(11)3)14-8-6-5-7-12(14)2/h7-10H,1-6H3;6-10H,1-5H3;5-10H,1-4H3/q3*+1/i2*3D3;1D3. The Morgan fingerprint density at radius 2 is 0.843 bits per heavy atom. The predicted molar refractivity (Wildman–Crippen MR) is 216 cm³/mol. The van der Waals surface area contributed by atoms with Crippen LogP contribution in [0, 0.1) is 82.9 Å². The first-order valence-electron chi connectivity index (χ1n) is 21.9. The van der Waals surface area contributed by atoms with Gasteiger partial charge in [0.25, 0.3) is 0 Å². The summed E-state index contributed by atoms with van der Waals surface area (Å²) in [5, 5.41) is 0. The van der Waals surface area contributed by atoms with Gasteiger partial charge in [-0.3, -0.25) is 0 Å². The fourth-order valence-corrected chi connectivity index (χ4v) is 6.46. The maximum absolute atomic E-state index is 7.79. The molecule has 0 aliphatic heterocycles. The molecule has 0 saturated heterocycles. The van der Waals surface area contributed by atoms with Gasteiger partial charge in [-0.25, -0.2) is 0 Å². The third kappa shape index (κ3) is 8.20. The number of aromatic nitrogens is 3. The zero-order valence-corrected chi connectivity index (χ0v) is 32.5. The molecule has 0 aliphatic rings. The van der Waals surface area contributed by atoms with Crippen LogP contribution in [-0.2, 0) is 21.1 Å². The second kappa shape index (κ2) is 16.4. The van der Waals surface area contributed by atoms with Gasteiger partial charge in [0.15, 0.2) is 17.1 Å². The average molecular weight is 688 g/mol. The van der Waals surface area contributed by atoms with E-state index in [0.717, 1.165) is 67.5 Å². The molecule has 0 bridgehead atoms. The number of aryl methyl sites for hydroxylation is 5. The molecular weight excluding hydrogens is 619 g/mol. The molecule has 264 valence electrons. The molecule has 3 aromatic heterocycles. The van der Waals surface area contributed by atoms with Crippen molar-refractivity contribution in [3.05, 3.63) is 158 Å². The van der Waals surface area contributed by atoms with E-state index in [2.05, 4.69) is 57.2 Å². The summed E-state index contributed by atoms with van der Waals surface area (Å²) in [5.74, 6) is 0. The fourth-order valence-electron chi connectivity index (χ4n) is 6.46. The van der Waals surface area contributed by atoms with Gasteiger partial charge in [0.05, 0.1) is 0 Å². The molecule has 0 radical (unpaired) electrons. The van der Waals surface area contributed by atoms with E-state index < -0.39 is 20.6 Å². The first-order chi connectivity index (χ1) is 27.7. The van der Waals surface area contributed by atoms with Crippen molar-refractivity contribution in [2.45, 2.75) is 82.9 Å². The van der Waals surface area contributed by atoms with Crippen LogP contribution in [0.5, 0.6) is 0 Å². The summed E-state index contributed by atoms with van der Waals surface area (Å²) in [6, 6.07) is 30.0. The summed E-state index contributed by atoms with van der Waals surface area (Å²) >= 11 is 0. The molecule has 3 heterocycles. The molecule has 0 atom stereocenters. The van der Waals surface area contributed by atoms with E-state index in [9.17, 15) is 0 Å². The van der Waals surface area contributed by atoms with Crippen molar-refractivity contribution < 1.29 is 26.0 Å². The highest BCUT2D eigenvalue weighted by molar-refractivity contribution is 5.66. The van der Waals surface area contributed by atoms with Crippen LogP contribution in [0.15, 0.2) is 91.0 Å². The summed E-state index contributed by atoms with van der Waals surface area (Å²) in [4.78, 5) is 0. The lowest BCUT2D eigenvalue weighted by molar-refractivity contribution is -0.667. The lowest BCUT2D eigenvalue weighted by Gasteiger charge is -2.13. The monoisotopic (exact) mass is 688 g/mol. The molecule has 6 rings (SSSR count). The van der Waals surface area contributed by atoms with Gasteiger partial charge in [-0.1, -0.05) is 54.6 Å². The van der Waals surface area contributed by atoms with Crippen LogP contribution in [-0.4, -0.2) is 0 Å². The number of benzene rings is 3. The van der Waals surface area contributed by atoms with Crippen molar-refractivity contribution in [2.24, 2.45) is 21.1 Å². The van der Waals surface area contributed by atoms with E-state index in [4.69, 9.17) is 12.3 Å². The quantitative estimate of drug-likeness (QED) is 0.164. The highest BCUT2D eigenvalue weighted by Crippen LogP contribution is 2.28. The van der Waals surface area contributed by atoms with Gasteiger partial charge in [0.2, 0.25) is 17.1 Å². The molecule has 0 fully saturated rings. The first kappa shape index (κ1) is 27.8. The molecule has 3 aromatic carbocycles. The van der Waals surface area contributed by atoms with Crippen LogP contribution < -0.4 is 13.7 Å². The van der Waals surface area contributed by atoms with Gasteiger partial charge < -0.3 is 0 Å². The summed E-state index contributed by atoms with van der Waals surface area (Å²) < 4.78 is 75.0. The molecule has 51 heavy (non-hydrogen) atoms. The molecule has 0 amide bonds. The van der Waals surface area contributed by atoms with Crippen LogP contribution in [0.3, 0.4) is 0 Å². The summed E-state index contributed by atoms with van der Waals surface area (Å²) in [6.45, 7) is 11.4. The van der Waals surface area contributed by atoms with Gasteiger partial charge in [-0.15, -0.1) is 0 Å². The van der Waals surface area contributed by atoms with Gasteiger partial charge >= 0.3 is 0 Å². The Hall–Kier alpha value is -4.89. The zero-order valence-electron chi connectivity index (χ0n) is 41.5. The summed E-state index contributed by atoms with van der Waals surface area (Å²) in [5.41, 5.74) is 16.6. The Morgan fingerprint density at radius 1 is 0.373 bits per heavy atom. The highest BCUT2D eigenvalue weighted by atomic mass is 15.0. The number of nitrogens with zero attached hydrogens (tertiary/aromatic N) is 3. The maximum atomic E-state index is 7.79. The number of hydrogen-bond donors (Lipinski definition) is 0. The van der Waals surface area contributed by atoms with Crippen LogP contribution in [0.2, 0.25) is 0 Å². The van der Waals surface area contributed by atoms with Gasteiger partial charge in [0, 0.05) is 84.2 Å². The third-order valence-corrected chi connectivity index (χ3v) is 10.4. The second-order valence-electron chi connectivity index (χ2n) is 13.6. The lowest BCUT2D eigenvalue weighted by Crippen LogP contribution is -2.37. The van der Waals surface area contributed by atoms with Crippen LogP contribution in [0.25, 0.3) is 33.8 Å². The molecule has 0 spiro atoms. The molecule has 3 heteroatoms. The minimum absolute atomic E-state index is 0.410. The van der Waals surface area contributed by atoms with Gasteiger partial charge in [-0.05, 0) is 114 Å². The van der Waals surface area contributed by atoms with Crippen molar-refractivity contribution >= 4 is 0 Å². The normalized spacial score (nSPS) is 14.0. The summed E-state index contributed by atoms with van der Waals surface area (Å²) in [7, 11) is 5.77. The smallest absolute Gasteiger partial charge is 0.198 e. The Morgan fingerprint density at radius 3 is 1.35 bits per heavy atom. The number of hydrogen-bond acceptors (Lipinski definition) is 0. The Labute approximate surface area is 321 Å². The molecule has 6 aromatic rings. The van der Waals surface area contributed by atoms with Crippen molar-refractivity contribution in [1.82, 2.24) is 0 Å². The second-order valence-corrected chi connectivity index (χ2v) is 13.6. The van der Waals surface area contributed by atoms with E-state index in [1.807, 2.05) is 125 Å². The third-order valence-electron chi connectivity index (χ3n) is 10.4. The summed E-state index contributed by atoms with van der Waals surface area (Å²) in [6.07, 6.45) is 0. The molecule has 0 N–H and O–H groups in total. The zero-order chi connectivity index (χ0) is 45.2. The SMILES string of the molecule is [2H]C([2H])([2H])c1c(C)c(C)c(-c2ccccc2C)[n+](C)c1C.[2H]C([2H])([2H])c1c(C)cc(-c2ccccc2C)[n+](C)c1C.[2H]C([2H])([2H])c1ccc(-c2ccccc2C)[n+](C)c1C. The van der Waals surface area contributed by atoms with E-state index >= 15 is 0 Å². The van der Waals surface area contributed by atoms with E-state index in [1.54, 1.807) is 6.07 Å². The number of pyridine rings is 3. The Kier molecular flexibility index (Phi) is 8.95. The largest absolute Gasteiger partial charge is 0.215 e. The van der Waals surface area contributed by atoms with E-state index in [-0.39, 0.29) is 0 Å². The minimum Gasteiger partial charge on any atom is -0.198 e. The predicted octanol–water partition coefficient (Wildman–Crippen LogP) is 10.2. The fraction of sp³-hybridized carbons (Fsp3) is 0.312. The van der Waals surface area contributed by atoms with Crippen LogP contribution in [0.1, 0.15) is 79.5 Å². The molecule has 0 aliphatic carbocycles. The minimum atomic E-state index is -2.08. The van der Waals surface area contributed by atoms with Crippen molar-refractivity contribution in [3.8, 4) is 33.8 Å². The first-order valence-corrected chi connectivity index (χ1v) is 17.4. The van der Waals surface area contributed by atoms with Gasteiger partial charge in [0.1, 0.15) is 21.1 Å². The van der Waals surface area contributed by atoms with Crippen molar-refractivity contribution in [2.75, 3.05) is 0 Å². The van der Waals surface area contributed by atoms with E-state index in [1.165, 1.54) is 16.7 Å². The lowest BCUT2D eigenvalue weighted by atomic mass is 9.95. The topological polar surface area (TPSA) is 11.6 Å². The Bertz CT molecular complexity index is 2500. The van der Waals surface area contributed by atoms with E-state index in [0.29, 0.717) is 16.7 Å². The Balaban J connectivity index is 0.000000199. The van der Waals surface area contributed by atoms with Crippen molar-refractivity contribution in [1.29, 1.82) is 0 Å². The molecule has 3 nitrogen and oxygen atoms in total. The van der Waals surface area contributed by atoms with Crippen LogP contribution >= 0.6 is 0 Å². The molecular formula is C48H60N3+3. The molecule has 0 saturated carbocycles. The number of rotatable bonds is 3.